The van der Waals surface area contributed by atoms with Crippen molar-refractivity contribution in [1.82, 2.24) is 25.3 Å². The van der Waals surface area contributed by atoms with Gasteiger partial charge in [0.2, 0.25) is 0 Å². The van der Waals surface area contributed by atoms with Crippen molar-refractivity contribution < 1.29 is 4.79 Å². The molecule has 0 saturated carbocycles. The van der Waals surface area contributed by atoms with Crippen LogP contribution in [0, 0.1) is 6.92 Å². The molecular weight excluding hydrogens is 298 g/mol. The lowest BCUT2D eigenvalue weighted by molar-refractivity contribution is 0.124. The van der Waals surface area contributed by atoms with Gasteiger partial charge in [-0.1, -0.05) is 0 Å². The predicted molar refractivity (Wildman–Crippen MR) is 89.1 cm³/mol. The first-order chi connectivity index (χ1) is 10.7. The second-order valence-electron chi connectivity index (χ2n) is 6.07. The number of thioether (sulfide) groups is 1. The highest BCUT2D eigenvalue weighted by molar-refractivity contribution is 7.99. The normalized spacial score (nSPS) is 21.0. The van der Waals surface area contributed by atoms with E-state index in [-0.39, 0.29) is 6.03 Å². The molecule has 122 valence electrons. The van der Waals surface area contributed by atoms with Gasteiger partial charge in [-0.25, -0.2) is 4.79 Å². The van der Waals surface area contributed by atoms with Crippen LogP contribution in [0.4, 0.5) is 4.79 Å². The Hall–Kier alpha value is -1.21. The molecule has 2 fully saturated rings. The molecule has 0 spiro atoms. The van der Waals surface area contributed by atoms with Gasteiger partial charge >= 0.3 is 6.03 Å². The van der Waals surface area contributed by atoms with Gasteiger partial charge in [-0.3, -0.25) is 10.00 Å². The maximum atomic E-state index is 12.2. The standard InChI is InChI=1S/C15H25N5OS/c1-12-10-13(18-17-12)11-16-15(21)20-4-2-14(3-5-20)19-6-8-22-9-7-19/h10,14H,2-9,11H2,1H3,(H,16,21)(H,17,18). The molecule has 0 aromatic carbocycles. The largest absolute Gasteiger partial charge is 0.332 e. The fourth-order valence-electron chi connectivity index (χ4n) is 3.22. The lowest BCUT2D eigenvalue weighted by Gasteiger charge is -2.40. The molecule has 0 radical (unpaired) electrons. The van der Waals surface area contributed by atoms with E-state index in [0.29, 0.717) is 12.6 Å². The summed E-state index contributed by atoms with van der Waals surface area (Å²) in [6.07, 6.45) is 2.19. The molecule has 2 amide bonds. The van der Waals surface area contributed by atoms with Crippen LogP contribution in [0.25, 0.3) is 0 Å². The highest BCUT2D eigenvalue weighted by atomic mass is 32.2. The van der Waals surface area contributed by atoms with E-state index in [1.54, 1.807) is 0 Å². The predicted octanol–water partition coefficient (Wildman–Crippen LogP) is 1.44. The summed E-state index contributed by atoms with van der Waals surface area (Å²) < 4.78 is 0. The number of nitrogens with one attached hydrogen (secondary N) is 2. The molecule has 1 aromatic heterocycles. The second kappa shape index (κ2) is 7.37. The molecule has 2 aliphatic rings. The van der Waals surface area contributed by atoms with Crippen molar-refractivity contribution >= 4 is 17.8 Å². The Morgan fingerprint density at radius 3 is 2.73 bits per heavy atom. The van der Waals surface area contributed by atoms with Gasteiger partial charge < -0.3 is 10.2 Å². The van der Waals surface area contributed by atoms with Crippen LogP contribution in [-0.2, 0) is 6.54 Å². The van der Waals surface area contributed by atoms with Crippen LogP contribution in [0.2, 0.25) is 0 Å². The summed E-state index contributed by atoms with van der Waals surface area (Å²) in [7, 11) is 0. The number of hydrogen-bond donors (Lipinski definition) is 2. The zero-order valence-electron chi connectivity index (χ0n) is 13.2. The number of H-pyrrole nitrogens is 1. The van der Waals surface area contributed by atoms with Crippen LogP contribution in [0.3, 0.4) is 0 Å². The molecule has 1 aromatic rings. The summed E-state index contributed by atoms with van der Waals surface area (Å²) in [5.41, 5.74) is 1.90. The first-order valence-electron chi connectivity index (χ1n) is 8.08. The molecule has 3 heterocycles. The summed E-state index contributed by atoms with van der Waals surface area (Å²) in [5.74, 6) is 2.51. The smallest absolute Gasteiger partial charge is 0.317 e. The highest BCUT2D eigenvalue weighted by Crippen LogP contribution is 2.20. The minimum absolute atomic E-state index is 0.0355. The van der Waals surface area contributed by atoms with Crippen LogP contribution >= 0.6 is 11.8 Å². The fraction of sp³-hybridized carbons (Fsp3) is 0.733. The summed E-state index contributed by atoms with van der Waals surface area (Å²) in [6, 6.07) is 2.66. The number of aryl methyl sites for hydroxylation is 1. The van der Waals surface area contributed by atoms with E-state index >= 15 is 0 Å². The Labute approximate surface area is 136 Å². The van der Waals surface area contributed by atoms with Crippen LogP contribution in [0.15, 0.2) is 6.07 Å². The van der Waals surface area contributed by atoms with Crippen molar-refractivity contribution in [2.45, 2.75) is 32.4 Å². The van der Waals surface area contributed by atoms with Crippen molar-refractivity contribution in [3.05, 3.63) is 17.5 Å². The SMILES string of the molecule is Cc1cc(CNC(=O)N2CCC(N3CCSCC3)CC2)n[nH]1. The second-order valence-corrected chi connectivity index (χ2v) is 7.29. The zero-order chi connectivity index (χ0) is 15.4. The molecule has 7 heteroatoms. The number of amides is 2. The number of piperidine rings is 1. The van der Waals surface area contributed by atoms with Gasteiger partial charge in [0.25, 0.3) is 0 Å². The minimum Gasteiger partial charge on any atom is -0.332 e. The molecule has 3 rings (SSSR count). The van der Waals surface area contributed by atoms with Crippen LogP contribution in [-0.4, -0.2) is 69.8 Å². The fourth-order valence-corrected chi connectivity index (χ4v) is 4.15. The molecular formula is C15H25N5OS. The number of urea groups is 1. The molecule has 2 N–H and O–H groups in total. The van der Waals surface area contributed by atoms with E-state index in [1.807, 2.05) is 29.7 Å². The van der Waals surface area contributed by atoms with Crippen molar-refractivity contribution in [3.8, 4) is 0 Å². The maximum Gasteiger partial charge on any atom is 0.317 e. The van der Waals surface area contributed by atoms with Gasteiger partial charge in [-0.15, -0.1) is 0 Å². The molecule has 22 heavy (non-hydrogen) atoms. The topological polar surface area (TPSA) is 64.3 Å². The summed E-state index contributed by atoms with van der Waals surface area (Å²) >= 11 is 2.05. The quantitative estimate of drug-likeness (QED) is 0.883. The third kappa shape index (κ3) is 3.95. The Kier molecular flexibility index (Phi) is 5.25. The first kappa shape index (κ1) is 15.7. The lowest BCUT2D eigenvalue weighted by Crippen LogP contribution is -2.51. The molecule has 0 aliphatic carbocycles. The van der Waals surface area contributed by atoms with Gasteiger partial charge in [0.1, 0.15) is 0 Å². The Morgan fingerprint density at radius 2 is 2.09 bits per heavy atom. The van der Waals surface area contributed by atoms with Gasteiger partial charge in [-0.05, 0) is 25.8 Å². The van der Waals surface area contributed by atoms with E-state index in [9.17, 15) is 4.79 Å². The molecule has 0 atom stereocenters. The van der Waals surface area contributed by atoms with E-state index in [2.05, 4.69) is 20.4 Å². The van der Waals surface area contributed by atoms with Gasteiger partial charge in [0.15, 0.2) is 0 Å². The average Bonchev–Trinajstić information content (AvgIpc) is 2.99. The summed E-state index contributed by atoms with van der Waals surface area (Å²) in [5, 5.41) is 10.00. The van der Waals surface area contributed by atoms with Crippen molar-refractivity contribution in [3.63, 3.8) is 0 Å². The van der Waals surface area contributed by atoms with Crippen LogP contribution in [0.1, 0.15) is 24.2 Å². The average molecular weight is 323 g/mol. The molecule has 2 saturated heterocycles. The summed E-state index contributed by atoms with van der Waals surface area (Å²) in [6.45, 7) is 6.59. The maximum absolute atomic E-state index is 12.2. The summed E-state index contributed by atoms with van der Waals surface area (Å²) in [4.78, 5) is 16.8. The Bertz CT molecular complexity index is 492. The van der Waals surface area contributed by atoms with Crippen molar-refractivity contribution in [2.75, 3.05) is 37.7 Å². The number of hydrogen-bond acceptors (Lipinski definition) is 4. The Morgan fingerprint density at radius 1 is 1.36 bits per heavy atom. The van der Waals surface area contributed by atoms with Crippen LogP contribution < -0.4 is 5.32 Å². The number of nitrogens with zero attached hydrogens (tertiary/aromatic N) is 3. The minimum atomic E-state index is 0.0355. The van der Waals surface area contributed by atoms with Gasteiger partial charge in [-0.2, -0.15) is 16.9 Å². The van der Waals surface area contributed by atoms with E-state index in [4.69, 9.17) is 0 Å². The number of carbonyl (C=O) groups excluding carboxylic acids is 1. The number of rotatable bonds is 3. The number of aromatic amines is 1. The lowest BCUT2D eigenvalue weighted by atomic mass is 10.0. The number of carbonyl (C=O) groups is 1. The first-order valence-corrected chi connectivity index (χ1v) is 9.23. The molecule has 0 unspecified atom stereocenters. The van der Waals surface area contributed by atoms with Crippen molar-refractivity contribution in [2.24, 2.45) is 0 Å². The molecule has 2 aliphatic heterocycles. The van der Waals surface area contributed by atoms with Gasteiger partial charge in [0.05, 0.1) is 12.2 Å². The number of likely N-dealkylation sites (tertiary alicyclic amines) is 1. The highest BCUT2D eigenvalue weighted by Gasteiger charge is 2.27. The molecule has 6 nitrogen and oxygen atoms in total. The van der Waals surface area contributed by atoms with Crippen LogP contribution in [0.5, 0.6) is 0 Å². The van der Waals surface area contributed by atoms with E-state index in [1.165, 1.54) is 24.6 Å². The van der Waals surface area contributed by atoms with Gasteiger partial charge in [0, 0.05) is 49.4 Å². The number of aromatic nitrogens is 2. The zero-order valence-corrected chi connectivity index (χ0v) is 14.0. The third-order valence-corrected chi connectivity index (χ3v) is 5.44. The Balaban J connectivity index is 1.41. The van der Waals surface area contributed by atoms with E-state index < -0.39 is 0 Å². The molecule has 0 bridgehead atoms. The monoisotopic (exact) mass is 323 g/mol. The van der Waals surface area contributed by atoms with E-state index in [0.717, 1.165) is 37.3 Å². The third-order valence-electron chi connectivity index (χ3n) is 4.49. The van der Waals surface area contributed by atoms with Crippen molar-refractivity contribution in [1.29, 1.82) is 0 Å².